The van der Waals surface area contributed by atoms with Crippen LogP contribution >= 0.6 is 15.9 Å². The Kier molecular flexibility index (Phi) is 4.92. The third-order valence-electron chi connectivity index (χ3n) is 2.62. The number of carbonyl (C=O) groups excluding carboxylic acids is 1. The van der Waals surface area contributed by atoms with E-state index in [2.05, 4.69) is 21.2 Å². The number of rotatable bonds is 5. The summed E-state index contributed by atoms with van der Waals surface area (Å²) in [5.41, 5.74) is 0.171. The van der Waals surface area contributed by atoms with Crippen LogP contribution in [0.15, 0.2) is 45.5 Å². The molecule has 0 aliphatic heterocycles. The first kappa shape index (κ1) is 14.7. The molecule has 4 nitrogen and oxygen atoms in total. The highest BCUT2D eigenvalue weighted by Crippen LogP contribution is 2.19. The summed E-state index contributed by atoms with van der Waals surface area (Å²) in [7, 11) is 1.79. The molecule has 1 heterocycles. The minimum absolute atomic E-state index is 0.149. The Bertz CT molecular complexity index is 587. The SMILES string of the molecule is CN(CC(=O)Nc1ccc(Br)cc1F)Cc1ccco1. The van der Waals surface area contributed by atoms with Gasteiger partial charge in [-0.2, -0.15) is 0 Å². The van der Waals surface area contributed by atoms with E-state index in [1.165, 1.54) is 12.1 Å². The molecule has 1 aromatic heterocycles. The van der Waals surface area contributed by atoms with E-state index in [-0.39, 0.29) is 18.1 Å². The molecule has 1 N–H and O–H groups in total. The van der Waals surface area contributed by atoms with Crippen molar-refractivity contribution in [3.8, 4) is 0 Å². The summed E-state index contributed by atoms with van der Waals surface area (Å²) in [5, 5.41) is 2.54. The molecule has 0 spiro atoms. The smallest absolute Gasteiger partial charge is 0.238 e. The van der Waals surface area contributed by atoms with Gasteiger partial charge in [0.15, 0.2) is 0 Å². The minimum atomic E-state index is -0.471. The first-order valence-electron chi connectivity index (χ1n) is 6.00. The van der Waals surface area contributed by atoms with Gasteiger partial charge in [0.2, 0.25) is 5.91 Å². The third kappa shape index (κ3) is 4.18. The molecule has 0 saturated heterocycles. The number of likely N-dealkylation sites (N-methyl/N-ethyl adjacent to an activating group) is 1. The first-order valence-corrected chi connectivity index (χ1v) is 6.80. The fourth-order valence-corrected chi connectivity index (χ4v) is 2.08. The van der Waals surface area contributed by atoms with Crippen LogP contribution in [0.1, 0.15) is 5.76 Å². The van der Waals surface area contributed by atoms with Crippen LogP contribution in [0.2, 0.25) is 0 Å². The van der Waals surface area contributed by atoms with Crippen LogP contribution in [-0.2, 0) is 11.3 Å². The first-order chi connectivity index (χ1) is 9.54. The van der Waals surface area contributed by atoms with Crippen molar-refractivity contribution in [1.29, 1.82) is 0 Å². The Morgan fingerprint density at radius 3 is 2.90 bits per heavy atom. The second-order valence-electron chi connectivity index (χ2n) is 4.42. The lowest BCUT2D eigenvalue weighted by molar-refractivity contribution is -0.117. The molecular formula is C14H14BrFN2O2. The lowest BCUT2D eigenvalue weighted by Gasteiger charge is -2.15. The molecule has 0 radical (unpaired) electrons. The van der Waals surface area contributed by atoms with Crippen LogP contribution in [0, 0.1) is 5.82 Å². The van der Waals surface area contributed by atoms with E-state index in [1.54, 1.807) is 30.3 Å². The molecule has 1 amide bonds. The molecule has 0 unspecified atom stereocenters. The van der Waals surface area contributed by atoms with Gasteiger partial charge in [-0.15, -0.1) is 0 Å². The van der Waals surface area contributed by atoms with Crippen molar-refractivity contribution in [2.24, 2.45) is 0 Å². The van der Waals surface area contributed by atoms with E-state index in [0.29, 0.717) is 11.0 Å². The van der Waals surface area contributed by atoms with Crippen molar-refractivity contribution in [2.45, 2.75) is 6.54 Å². The average Bonchev–Trinajstić information content (AvgIpc) is 2.85. The van der Waals surface area contributed by atoms with Crippen LogP contribution in [0.4, 0.5) is 10.1 Å². The lowest BCUT2D eigenvalue weighted by Crippen LogP contribution is -2.29. The summed E-state index contributed by atoms with van der Waals surface area (Å²) in [6, 6.07) is 8.13. The number of halogens is 2. The van der Waals surface area contributed by atoms with Gasteiger partial charge in [-0.05, 0) is 37.4 Å². The Balaban J connectivity index is 1.88. The van der Waals surface area contributed by atoms with Gasteiger partial charge in [-0.1, -0.05) is 15.9 Å². The van der Waals surface area contributed by atoms with E-state index < -0.39 is 5.82 Å². The number of nitrogens with zero attached hydrogens (tertiary/aromatic N) is 1. The lowest BCUT2D eigenvalue weighted by atomic mass is 10.3. The van der Waals surface area contributed by atoms with E-state index in [1.807, 2.05) is 6.07 Å². The highest BCUT2D eigenvalue weighted by Gasteiger charge is 2.11. The van der Waals surface area contributed by atoms with Gasteiger partial charge >= 0.3 is 0 Å². The van der Waals surface area contributed by atoms with E-state index >= 15 is 0 Å². The van der Waals surface area contributed by atoms with Crippen LogP contribution in [0.5, 0.6) is 0 Å². The molecule has 2 aromatic rings. The van der Waals surface area contributed by atoms with Crippen LogP contribution in [0.25, 0.3) is 0 Å². The molecule has 0 atom stereocenters. The fraction of sp³-hybridized carbons (Fsp3) is 0.214. The van der Waals surface area contributed by atoms with Crippen molar-refractivity contribution in [3.05, 3.63) is 52.6 Å². The standard InChI is InChI=1S/C14H14BrFN2O2/c1-18(8-11-3-2-6-20-11)9-14(19)17-13-5-4-10(15)7-12(13)16/h2-7H,8-9H2,1H3,(H,17,19). The maximum absolute atomic E-state index is 13.6. The normalized spacial score (nSPS) is 10.8. The summed E-state index contributed by atoms with van der Waals surface area (Å²) < 4.78 is 19.4. The maximum atomic E-state index is 13.6. The molecular weight excluding hydrogens is 327 g/mol. The molecule has 0 aliphatic rings. The summed E-state index contributed by atoms with van der Waals surface area (Å²) in [6.07, 6.45) is 1.58. The maximum Gasteiger partial charge on any atom is 0.238 e. The second kappa shape index (κ2) is 6.67. The van der Waals surface area contributed by atoms with Gasteiger partial charge < -0.3 is 9.73 Å². The van der Waals surface area contributed by atoms with Gasteiger partial charge in [0.05, 0.1) is 25.0 Å². The zero-order valence-corrected chi connectivity index (χ0v) is 12.5. The molecule has 0 aliphatic carbocycles. The number of hydrogen-bond acceptors (Lipinski definition) is 3. The molecule has 0 fully saturated rings. The summed E-state index contributed by atoms with van der Waals surface area (Å²) in [6.45, 7) is 0.666. The molecule has 0 bridgehead atoms. The Hall–Kier alpha value is -1.66. The van der Waals surface area contributed by atoms with Crippen molar-refractivity contribution >= 4 is 27.5 Å². The largest absolute Gasteiger partial charge is 0.468 e. The number of furan rings is 1. The number of carbonyl (C=O) groups is 1. The second-order valence-corrected chi connectivity index (χ2v) is 5.34. The summed E-state index contributed by atoms with van der Waals surface area (Å²) in [4.78, 5) is 13.6. The quantitative estimate of drug-likeness (QED) is 0.908. The molecule has 2 rings (SSSR count). The van der Waals surface area contributed by atoms with Gasteiger partial charge in [-0.25, -0.2) is 4.39 Å². The van der Waals surface area contributed by atoms with Crippen molar-refractivity contribution in [1.82, 2.24) is 4.90 Å². The minimum Gasteiger partial charge on any atom is -0.468 e. The molecule has 6 heteroatoms. The highest BCUT2D eigenvalue weighted by atomic mass is 79.9. The fourth-order valence-electron chi connectivity index (χ4n) is 1.75. The van der Waals surface area contributed by atoms with Gasteiger partial charge in [0.1, 0.15) is 11.6 Å². The van der Waals surface area contributed by atoms with Crippen LogP contribution in [0.3, 0.4) is 0 Å². The van der Waals surface area contributed by atoms with Crippen molar-refractivity contribution in [2.75, 3.05) is 18.9 Å². The molecule has 0 saturated carbocycles. The monoisotopic (exact) mass is 340 g/mol. The number of nitrogens with one attached hydrogen (secondary N) is 1. The number of amides is 1. The predicted molar refractivity (Wildman–Crippen MR) is 77.8 cm³/mol. The van der Waals surface area contributed by atoms with Gasteiger partial charge in [0, 0.05) is 4.47 Å². The van der Waals surface area contributed by atoms with E-state index in [4.69, 9.17) is 4.42 Å². The average molecular weight is 341 g/mol. The number of benzene rings is 1. The zero-order valence-electron chi connectivity index (χ0n) is 10.9. The molecule has 1 aromatic carbocycles. The Labute approximate surface area is 124 Å². The number of hydrogen-bond donors (Lipinski definition) is 1. The van der Waals surface area contributed by atoms with Crippen molar-refractivity contribution < 1.29 is 13.6 Å². The predicted octanol–water partition coefficient (Wildman–Crippen LogP) is 3.25. The number of anilines is 1. The van der Waals surface area contributed by atoms with Crippen molar-refractivity contribution in [3.63, 3.8) is 0 Å². The topological polar surface area (TPSA) is 45.5 Å². The zero-order chi connectivity index (χ0) is 14.5. The van der Waals surface area contributed by atoms with E-state index in [9.17, 15) is 9.18 Å². The Morgan fingerprint density at radius 1 is 1.45 bits per heavy atom. The Morgan fingerprint density at radius 2 is 2.25 bits per heavy atom. The molecule has 20 heavy (non-hydrogen) atoms. The molecule has 106 valence electrons. The summed E-state index contributed by atoms with van der Waals surface area (Å²) in [5.74, 6) is 0.0248. The van der Waals surface area contributed by atoms with E-state index in [0.717, 1.165) is 5.76 Å². The highest BCUT2D eigenvalue weighted by molar-refractivity contribution is 9.10. The third-order valence-corrected chi connectivity index (χ3v) is 3.12. The summed E-state index contributed by atoms with van der Waals surface area (Å²) >= 11 is 3.16. The van der Waals surface area contributed by atoms with Crippen LogP contribution < -0.4 is 5.32 Å². The van der Waals surface area contributed by atoms with Crippen LogP contribution in [-0.4, -0.2) is 24.4 Å². The van der Waals surface area contributed by atoms with Gasteiger partial charge in [-0.3, -0.25) is 9.69 Å². The van der Waals surface area contributed by atoms with Gasteiger partial charge in [0.25, 0.3) is 0 Å².